The first-order valence-electron chi connectivity index (χ1n) is 9.90. The zero-order chi connectivity index (χ0) is 18.5. The summed E-state index contributed by atoms with van der Waals surface area (Å²) in [5.41, 5.74) is 0. The van der Waals surface area contributed by atoms with Gasteiger partial charge in [0.2, 0.25) is 0 Å². The second kappa shape index (κ2) is 13.4. The van der Waals surface area contributed by atoms with Crippen molar-refractivity contribution >= 4 is 5.96 Å². The van der Waals surface area contributed by atoms with Crippen molar-refractivity contribution in [1.29, 1.82) is 0 Å². The lowest BCUT2D eigenvalue weighted by Gasteiger charge is -2.24. The molecular formula is C19H40N4O2. The summed E-state index contributed by atoms with van der Waals surface area (Å²) >= 11 is 0. The highest BCUT2D eigenvalue weighted by Gasteiger charge is 2.15. The summed E-state index contributed by atoms with van der Waals surface area (Å²) in [7, 11) is 4.27. The fraction of sp³-hybridized carbons (Fsp3) is 0.947. The number of guanidine groups is 1. The zero-order valence-corrected chi connectivity index (χ0v) is 17.0. The summed E-state index contributed by atoms with van der Waals surface area (Å²) in [6, 6.07) is 0.477. The standard InChI is InChI=1S/C19H40N4O2/c1-6-20-19(22-14-17(23(4)5)13-16(2)3)21-10-8-11-24-15-18-9-7-12-25-18/h16-18H,6-15H2,1-5H3,(H2,20,21,22). The first-order chi connectivity index (χ1) is 12.0. The molecule has 2 N–H and O–H groups in total. The van der Waals surface area contributed by atoms with Gasteiger partial charge in [0.05, 0.1) is 19.3 Å². The van der Waals surface area contributed by atoms with Crippen LogP contribution in [0.15, 0.2) is 4.99 Å². The molecule has 0 radical (unpaired) electrons. The Morgan fingerprint density at radius 1 is 1.32 bits per heavy atom. The minimum atomic E-state index is 0.316. The van der Waals surface area contributed by atoms with Gasteiger partial charge in [-0.1, -0.05) is 13.8 Å². The van der Waals surface area contributed by atoms with Gasteiger partial charge < -0.3 is 25.0 Å². The molecule has 0 aromatic rings. The predicted octanol–water partition coefficient (Wildman–Crippen LogP) is 2.10. The van der Waals surface area contributed by atoms with E-state index in [9.17, 15) is 0 Å². The van der Waals surface area contributed by atoms with Crippen LogP contribution in [0.5, 0.6) is 0 Å². The van der Waals surface area contributed by atoms with Crippen LogP contribution in [0.1, 0.15) is 46.5 Å². The Morgan fingerprint density at radius 3 is 2.72 bits per heavy atom. The average molecular weight is 357 g/mol. The largest absolute Gasteiger partial charge is 0.379 e. The minimum absolute atomic E-state index is 0.316. The third-order valence-corrected chi connectivity index (χ3v) is 4.36. The first-order valence-corrected chi connectivity index (χ1v) is 9.90. The second-order valence-electron chi connectivity index (χ2n) is 7.46. The van der Waals surface area contributed by atoms with Gasteiger partial charge in [0.25, 0.3) is 0 Å². The summed E-state index contributed by atoms with van der Waals surface area (Å²) in [5.74, 6) is 1.58. The van der Waals surface area contributed by atoms with Crippen molar-refractivity contribution in [1.82, 2.24) is 15.5 Å². The van der Waals surface area contributed by atoms with Crippen LogP contribution in [0.25, 0.3) is 0 Å². The summed E-state index contributed by atoms with van der Waals surface area (Å²) in [5, 5.41) is 6.73. The molecule has 0 bridgehead atoms. The van der Waals surface area contributed by atoms with Crippen molar-refractivity contribution in [2.45, 2.75) is 58.6 Å². The van der Waals surface area contributed by atoms with Crippen LogP contribution >= 0.6 is 0 Å². The van der Waals surface area contributed by atoms with Crippen LogP contribution in [0, 0.1) is 5.92 Å². The highest BCUT2D eigenvalue weighted by molar-refractivity contribution is 5.79. The summed E-state index contributed by atoms with van der Waals surface area (Å²) in [6.07, 6.45) is 4.75. The average Bonchev–Trinajstić information content (AvgIpc) is 3.07. The Kier molecular flexibility index (Phi) is 11.9. The van der Waals surface area contributed by atoms with Crippen molar-refractivity contribution in [2.75, 3.05) is 53.6 Å². The normalized spacial score (nSPS) is 19.6. The molecule has 1 heterocycles. The van der Waals surface area contributed by atoms with Crippen LogP contribution in [-0.4, -0.2) is 76.6 Å². The molecule has 1 aliphatic rings. The maximum atomic E-state index is 5.70. The zero-order valence-electron chi connectivity index (χ0n) is 17.0. The van der Waals surface area contributed by atoms with E-state index in [0.717, 1.165) is 64.7 Å². The van der Waals surface area contributed by atoms with Crippen molar-refractivity contribution in [3.63, 3.8) is 0 Å². The number of hydrogen-bond acceptors (Lipinski definition) is 4. The molecule has 1 fully saturated rings. The molecule has 0 aromatic carbocycles. The SMILES string of the molecule is CCNC(=NCC(CC(C)C)N(C)C)NCCCOCC1CCCO1. The number of nitrogens with zero attached hydrogens (tertiary/aromatic N) is 2. The lowest BCUT2D eigenvalue weighted by Crippen LogP contribution is -2.40. The molecule has 6 nitrogen and oxygen atoms in total. The van der Waals surface area contributed by atoms with E-state index in [0.29, 0.717) is 18.1 Å². The molecule has 1 aliphatic heterocycles. The molecule has 0 aliphatic carbocycles. The Hall–Kier alpha value is -0.850. The van der Waals surface area contributed by atoms with Crippen molar-refractivity contribution < 1.29 is 9.47 Å². The minimum Gasteiger partial charge on any atom is -0.379 e. The lowest BCUT2D eigenvalue weighted by molar-refractivity contribution is 0.0168. The lowest BCUT2D eigenvalue weighted by atomic mass is 10.0. The number of hydrogen-bond donors (Lipinski definition) is 2. The highest BCUT2D eigenvalue weighted by Crippen LogP contribution is 2.12. The number of likely N-dealkylation sites (N-methyl/N-ethyl adjacent to an activating group) is 1. The fourth-order valence-electron chi connectivity index (χ4n) is 2.90. The van der Waals surface area contributed by atoms with Gasteiger partial charge in [0, 0.05) is 32.3 Å². The predicted molar refractivity (Wildman–Crippen MR) is 105 cm³/mol. The monoisotopic (exact) mass is 356 g/mol. The van der Waals surface area contributed by atoms with Gasteiger partial charge in [0.15, 0.2) is 5.96 Å². The van der Waals surface area contributed by atoms with Crippen LogP contribution in [-0.2, 0) is 9.47 Å². The summed E-state index contributed by atoms with van der Waals surface area (Å²) in [4.78, 5) is 7.03. The maximum Gasteiger partial charge on any atom is 0.191 e. The van der Waals surface area contributed by atoms with E-state index in [1.807, 2.05) is 0 Å². The Bertz CT molecular complexity index is 355. The Balaban J connectivity index is 2.24. The van der Waals surface area contributed by atoms with Gasteiger partial charge in [-0.25, -0.2) is 0 Å². The Labute approximate surface area is 154 Å². The molecular weight excluding hydrogens is 316 g/mol. The third kappa shape index (κ3) is 10.7. The molecule has 25 heavy (non-hydrogen) atoms. The van der Waals surface area contributed by atoms with Gasteiger partial charge in [-0.3, -0.25) is 4.99 Å². The van der Waals surface area contributed by atoms with E-state index in [2.05, 4.69) is 50.4 Å². The molecule has 6 heteroatoms. The molecule has 0 saturated carbocycles. The van der Waals surface area contributed by atoms with E-state index < -0.39 is 0 Å². The maximum absolute atomic E-state index is 5.70. The van der Waals surface area contributed by atoms with E-state index in [1.54, 1.807) is 0 Å². The second-order valence-corrected chi connectivity index (χ2v) is 7.46. The van der Waals surface area contributed by atoms with Gasteiger partial charge in [-0.05, 0) is 52.6 Å². The number of rotatable bonds is 12. The fourth-order valence-corrected chi connectivity index (χ4v) is 2.90. The van der Waals surface area contributed by atoms with E-state index in [4.69, 9.17) is 14.5 Å². The van der Waals surface area contributed by atoms with Crippen LogP contribution in [0.3, 0.4) is 0 Å². The number of aliphatic imine (C=N–C) groups is 1. The van der Waals surface area contributed by atoms with Crippen molar-refractivity contribution in [2.24, 2.45) is 10.9 Å². The van der Waals surface area contributed by atoms with Gasteiger partial charge in [-0.2, -0.15) is 0 Å². The third-order valence-electron chi connectivity index (χ3n) is 4.36. The quantitative estimate of drug-likeness (QED) is 0.319. The van der Waals surface area contributed by atoms with Gasteiger partial charge in [0.1, 0.15) is 0 Å². The van der Waals surface area contributed by atoms with Crippen molar-refractivity contribution in [3.05, 3.63) is 0 Å². The molecule has 2 atom stereocenters. The first kappa shape index (κ1) is 22.2. The topological polar surface area (TPSA) is 58.1 Å². The van der Waals surface area contributed by atoms with E-state index in [-0.39, 0.29) is 0 Å². The molecule has 0 spiro atoms. The molecule has 2 unspecified atom stereocenters. The highest BCUT2D eigenvalue weighted by atomic mass is 16.5. The van der Waals surface area contributed by atoms with Crippen LogP contribution in [0.2, 0.25) is 0 Å². The van der Waals surface area contributed by atoms with Crippen molar-refractivity contribution in [3.8, 4) is 0 Å². The molecule has 0 aromatic heterocycles. The number of nitrogens with one attached hydrogen (secondary N) is 2. The van der Waals surface area contributed by atoms with Gasteiger partial charge in [-0.15, -0.1) is 0 Å². The molecule has 1 saturated heterocycles. The summed E-state index contributed by atoms with van der Waals surface area (Å²) < 4.78 is 11.3. The Morgan fingerprint density at radius 2 is 2.12 bits per heavy atom. The van der Waals surface area contributed by atoms with Crippen LogP contribution in [0.4, 0.5) is 0 Å². The molecule has 1 rings (SSSR count). The van der Waals surface area contributed by atoms with Gasteiger partial charge >= 0.3 is 0 Å². The smallest absolute Gasteiger partial charge is 0.191 e. The van der Waals surface area contributed by atoms with E-state index in [1.165, 1.54) is 6.42 Å². The summed E-state index contributed by atoms with van der Waals surface area (Å²) in [6.45, 7) is 11.6. The molecule has 0 amide bonds. The molecule has 148 valence electrons. The van der Waals surface area contributed by atoms with E-state index >= 15 is 0 Å². The van der Waals surface area contributed by atoms with Crippen LogP contribution < -0.4 is 10.6 Å². The number of ether oxygens (including phenoxy) is 2.